The Labute approximate surface area is 143 Å². The number of halogens is 1. The summed E-state index contributed by atoms with van der Waals surface area (Å²) in [6.07, 6.45) is 1.98. The Morgan fingerprint density at radius 2 is 2.17 bits per heavy atom. The number of carbonyl (C=O) groups is 1. The van der Waals surface area contributed by atoms with Crippen molar-refractivity contribution >= 4 is 33.2 Å². The molecule has 1 fully saturated rings. The molecule has 1 aliphatic heterocycles. The Morgan fingerprint density at radius 1 is 1.43 bits per heavy atom. The maximum absolute atomic E-state index is 12.4. The summed E-state index contributed by atoms with van der Waals surface area (Å²) >= 11 is 6.06. The largest absolute Gasteiger partial charge is 0.326 e. The first-order valence-electron chi connectivity index (χ1n) is 7.88. The fourth-order valence-corrected chi connectivity index (χ4v) is 4.48. The van der Waals surface area contributed by atoms with E-state index in [0.717, 1.165) is 5.56 Å². The first-order valence-corrected chi connectivity index (χ1v) is 9.87. The molecule has 1 saturated heterocycles. The Hall–Kier alpha value is -1.11. The van der Waals surface area contributed by atoms with Crippen LogP contribution >= 0.6 is 11.6 Å². The molecule has 0 bridgehead atoms. The van der Waals surface area contributed by atoms with Crippen LogP contribution in [0.4, 0.5) is 5.69 Å². The minimum Gasteiger partial charge on any atom is -0.326 e. The lowest BCUT2D eigenvalue weighted by molar-refractivity contribution is -0.120. The van der Waals surface area contributed by atoms with Gasteiger partial charge in [-0.15, -0.1) is 0 Å². The van der Waals surface area contributed by atoms with Crippen LogP contribution in [0.3, 0.4) is 0 Å². The molecule has 1 heterocycles. The normalized spacial score (nSPS) is 19.5. The van der Waals surface area contributed by atoms with Crippen LogP contribution in [0, 0.1) is 12.8 Å². The third kappa shape index (κ3) is 4.68. The Bertz CT molecular complexity index is 676. The molecule has 1 atom stereocenters. The maximum atomic E-state index is 12.4. The Kier molecular flexibility index (Phi) is 6.06. The lowest BCUT2D eigenvalue weighted by Crippen LogP contribution is -2.44. The molecule has 7 heteroatoms. The molecule has 1 aromatic carbocycles. The Balaban J connectivity index is 2.03. The summed E-state index contributed by atoms with van der Waals surface area (Å²) in [6.45, 7) is 4.49. The highest BCUT2D eigenvalue weighted by Gasteiger charge is 2.31. The van der Waals surface area contributed by atoms with Gasteiger partial charge in [-0.3, -0.25) is 4.79 Å². The molecular formula is C16H23ClN2O3S. The average Bonchev–Trinajstić information content (AvgIpc) is 2.51. The second kappa shape index (κ2) is 7.64. The number of carbonyl (C=O) groups excluding carboxylic acids is 1. The van der Waals surface area contributed by atoms with Crippen molar-refractivity contribution < 1.29 is 13.2 Å². The van der Waals surface area contributed by atoms with E-state index in [1.54, 1.807) is 12.1 Å². The van der Waals surface area contributed by atoms with E-state index in [2.05, 4.69) is 5.32 Å². The summed E-state index contributed by atoms with van der Waals surface area (Å²) in [5.41, 5.74) is 1.58. The van der Waals surface area contributed by atoms with Gasteiger partial charge in [0.2, 0.25) is 15.9 Å². The number of aryl methyl sites for hydroxylation is 1. The number of amides is 1. The van der Waals surface area contributed by atoms with E-state index in [1.807, 2.05) is 19.9 Å². The average molecular weight is 359 g/mol. The van der Waals surface area contributed by atoms with Crippen molar-refractivity contribution in [2.45, 2.75) is 33.1 Å². The fourth-order valence-electron chi connectivity index (χ4n) is 2.71. The van der Waals surface area contributed by atoms with Gasteiger partial charge in [0.1, 0.15) is 0 Å². The van der Waals surface area contributed by atoms with Crippen molar-refractivity contribution in [1.29, 1.82) is 0 Å². The van der Waals surface area contributed by atoms with Gasteiger partial charge in [0.15, 0.2) is 0 Å². The lowest BCUT2D eigenvalue weighted by Gasteiger charge is -2.31. The molecule has 1 amide bonds. The fraction of sp³-hybridized carbons (Fsp3) is 0.562. The third-order valence-corrected chi connectivity index (χ3v) is 6.50. The first kappa shape index (κ1) is 18.2. The van der Waals surface area contributed by atoms with E-state index < -0.39 is 10.0 Å². The first-order chi connectivity index (χ1) is 10.8. The molecule has 1 N–H and O–H groups in total. The van der Waals surface area contributed by atoms with Gasteiger partial charge in [0.25, 0.3) is 0 Å². The van der Waals surface area contributed by atoms with Gasteiger partial charge in [-0.25, -0.2) is 12.7 Å². The number of hydrogen-bond acceptors (Lipinski definition) is 3. The summed E-state index contributed by atoms with van der Waals surface area (Å²) in [5, 5.41) is 3.43. The van der Waals surface area contributed by atoms with Crippen molar-refractivity contribution in [2.24, 2.45) is 5.92 Å². The monoisotopic (exact) mass is 358 g/mol. The van der Waals surface area contributed by atoms with Crippen LogP contribution in [0.1, 0.15) is 31.7 Å². The topological polar surface area (TPSA) is 66.5 Å². The number of anilines is 1. The van der Waals surface area contributed by atoms with Gasteiger partial charge < -0.3 is 5.32 Å². The SMILES string of the molecule is CCCS(=O)(=O)N1CCC[C@@H](C(=O)Nc2ccc(C)c(Cl)c2)C1. The van der Waals surface area contributed by atoms with Crippen LogP contribution in [-0.2, 0) is 14.8 Å². The number of nitrogens with zero attached hydrogens (tertiary/aromatic N) is 1. The summed E-state index contributed by atoms with van der Waals surface area (Å²) in [7, 11) is -3.25. The van der Waals surface area contributed by atoms with Gasteiger partial charge in [0, 0.05) is 23.8 Å². The van der Waals surface area contributed by atoms with Crippen molar-refractivity contribution in [3.8, 4) is 0 Å². The van der Waals surface area contributed by atoms with Crippen LogP contribution in [0.5, 0.6) is 0 Å². The van der Waals surface area contributed by atoms with Crippen LogP contribution < -0.4 is 5.32 Å². The highest BCUT2D eigenvalue weighted by Crippen LogP contribution is 2.24. The van der Waals surface area contributed by atoms with Crippen molar-refractivity contribution in [2.75, 3.05) is 24.2 Å². The summed E-state index contributed by atoms with van der Waals surface area (Å²) in [4.78, 5) is 12.4. The van der Waals surface area contributed by atoms with Crippen molar-refractivity contribution in [3.05, 3.63) is 28.8 Å². The molecule has 0 aromatic heterocycles. The molecule has 0 spiro atoms. The van der Waals surface area contributed by atoms with Gasteiger partial charge in [-0.2, -0.15) is 0 Å². The molecule has 0 aliphatic carbocycles. The lowest BCUT2D eigenvalue weighted by atomic mass is 9.98. The molecule has 0 unspecified atom stereocenters. The van der Waals surface area contributed by atoms with Gasteiger partial charge in [-0.05, 0) is 43.9 Å². The maximum Gasteiger partial charge on any atom is 0.228 e. The predicted molar refractivity (Wildman–Crippen MR) is 93.2 cm³/mol. The zero-order valence-electron chi connectivity index (χ0n) is 13.5. The second-order valence-corrected chi connectivity index (χ2v) is 8.46. The highest BCUT2D eigenvalue weighted by atomic mass is 35.5. The highest BCUT2D eigenvalue weighted by molar-refractivity contribution is 7.89. The third-order valence-electron chi connectivity index (χ3n) is 4.05. The van der Waals surface area contributed by atoms with Gasteiger partial charge in [0.05, 0.1) is 11.7 Å². The quantitative estimate of drug-likeness (QED) is 0.879. The summed E-state index contributed by atoms with van der Waals surface area (Å²) < 4.78 is 25.8. The molecule has 23 heavy (non-hydrogen) atoms. The summed E-state index contributed by atoms with van der Waals surface area (Å²) in [6, 6.07) is 5.35. The molecule has 0 saturated carbocycles. The number of nitrogens with one attached hydrogen (secondary N) is 1. The molecule has 2 rings (SSSR count). The number of benzene rings is 1. The second-order valence-electron chi connectivity index (χ2n) is 5.97. The van der Waals surface area contributed by atoms with E-state index in [4.69, 9.17) is 11.6 Å². The molecule has 1 aliphatic rings. The molecule has 0 radical (unpaired) electrons. The minimum atomic E-state index is -3.25. The van der Waals surface area contributed by atoms with Crippen molar-refractivity contribution in [3.63, 3.8) is 0 Å². The number of sulfonamides is 1. The van der Waals surface area contributed by atoms with Gasteiger partial charge >= 0.3 is 0 Å². The number of rotatable bonds is 5. The van der Waals surface area contributed by atoms with Crippen LogP contribution in [0.25, 0.3) is 0 Å². The Morgan fingerprint density at radius 3 is 2.83 bits per heavy atom. The van der Waals surface area contributed by atoms with Crippen molar-refractivity contribution in [1.82, 2.24) is 4.31 Å². The van der Waals surface area contributed by atoms with Gasteiger partial charge in [-0.1, -0.05) is 24.6 Å². The van der Waals surface area contributed by atoms with E-state index >= 15 is 0 Å². The van der Waals surface area contributed by atoms with Crippen LogP contribution in [0.2, 0.25) is 5.02 Å². The zero-order chi connectivity index (χ0) is 17.0. The van der Waals surface area contributed by atoms with Crippen LogP contribution in [0.15, 0.2) is 18.2 Å². The smallest absolute Gasteiger partial charge is 0.228 e. The zero-order valence-corrected chi connectivity index (χ0v) is 15.1. The van der Waals surface area contributed by atoms with E-state index in [-0.39, 0.29) is 24.1 Å². The molecule has 128 valence electrons. The predicted octanol–water partition coefficient (Wildman–Crippen LogP) is 3.04. The minimum absolute atomic E-state index is 0.134. The van der Waals surface area contributed by atoms with E-state index in [0.29, 0.717) is 36.5 Å². The van der Waals surface area contributed by atoms with Crippen LogP contribution in [-0.4, -0.2) is 37.5 Å². The molecule has 1 aromatic rings. The molecule has 5 nitrogen and oxygen atoms in total. The molecular weight excluding hydrogens is 336 g/mol. The summed E-state index contributed by atoms with van der Waals surface area (Å²) in [5.74, 6) is -0.341. The van der Waals surface area contributed by atoms with E-state index in [9.17, 15) is 13.2 Å². The van der Waals surface area contributed by atoms with E-state index in [1.165, 1.54) is 4.31 Å². The number of piperidine rings is 1. The number of hydrogen-bond donors (Lipinski definition) is 1. The standard InChI is InChI=1S/C16H23ClN2O3S/c1-3-9-23(21,22)19-8-4-5-13(11-19)16(20)18-14-7-6-12(2)15(17)10-14/h6-7,10,13H,3-5,8-9,11H2,1-2H3,(H,18,20)/t13-/m1/s1.